The minimum Gasteiger partial charge on any atom is -0.493 e. The van der Waals surface area contributed by atoms with Crippen molar-refractivity contribution in [1.82, 2.24) is 0 Å². The average Bonchev–Trinajstić information content (AvgIpc) is 2.55. The van der Waals surface area contributed by atoms with Crippen molar-refractivity contribution in [2.45, 2.75) is 44.9 Å². The largest absolute Gasteiger partial charge is 0.499 e. The molecule has 1 fully saturated rings. The number of allylic oxidation sites excluding steroid dienone is 1. The van der Waals surface area contributed by atoms with Crippen molar-refractivity contribution in [3.63, 3.8) is 0 Å². The molecular weight excluding hydrogens is 362 g/mol. The van der Waals surface area contributed by atoms with Crippen LogP contribution in [0.2, 0.25) is 0 Å². The first-order chi connectivity index (χ1) is 11.9. The van der Waals surface area contributed by atoms with E-state index in [1.165, 1.54) is 12.1 Å². The Morgan fingerprint density at radius 1 is 0.923 bits per heavy atom. The standard InChI is InChI=1S/C18H18F6O2/c1-15-6-8-16(9-7-15,10-14(15)19)11-25-12-2-4-13(5-3-12)26-18(23,24)17(20,21)22/h2-5,10H,6-9,11H2,1H3. The van der Waals surface area contributed by atoms with Crippen LogP contribution in [0.15, 0.2) is 36.2 Å². The molecular formula is C18H18F6O2. The summed E-state index contributed by atoms with van der Waals surface area (Å²) in [4.78, 5) is 0. The van der Waals surface area contributed by atoms with E-state index in [1.807, 2.05) is 6.92 Å². The number of ether oxygens (including phenoxy) is 2. The molecule has 0 N–H and O–H groups in total. The summed E-state index contributed by atoms with van der Waals surface area (Å²) in [6.07, 6.45) is -6.41. The molecule has 3 aliphatic carbocycles. The highest BCUT2D eigenvalue weighted by Crippen LogP contribution is 2.56. The van der Waals surface area contributed by atoms with Crippen molar-refractivity contribution >= 4 is 0 Å². The lowest BCUT2D eigenvalue weighted by atomic mass is 9.58. The number of hydrogen-bond donors (Lipinski definition) is 0. The third-order valence-corrected chi connectivity index (χ3v) is 5.28. The van der Waals surface area contributed by atoms with Crippen LogP contribution in [0.4, 0.5) is 26.3 Å². The molecule has 0 spiro atoms. The summed E-state index contributed by atoms with van der Waals surface area (Å²) in [5.41, 5.74) is -0.787. The van der Waals surface area contributed by atoms with Crippen LogP contribution >= 0.6 is 0 Å². The van der Waals surface area contributed by atoms with Gasteiger partial charge in [-0.25, -0.2) is 4.39 Å². The zero-order chi connectivity index (χ0) is 19.2. The molecule has 3 aliphatic rings. The van der Waals surface area contributed by atoms with Crippen LogP contribution in [0.25, 0.3) is 0 Å². The number of alkyl halides is 5. The second-order valence-corrected chi connectivity index (χ2v) is 7.29. The number of fused-ring (bicyclic) bond motifs is 2. The van der Waals surface area contributed by atoms with Crippen molar-refractivity contribution in [2.75, 3.05) is 6.61 Å². The zero-order valence-electron chi connectivity index (χ0n) is 14.0. The molecule has 0 saturated heterocycles. The first kappa shape index (κ1) is 18.9. The Kier molecular flexibility index (Phi) is 4.43. The van der Waals surface area contributed by atoms with Crippen LogP contribution < -0.4 is 9.47 Å². The molecule has 0 aliphatic heterocycles. The minimum absolute atomic E-state index is 0.128. The summed E-state index contributed by atoms with van der Waals surface area (Å²) in [7, 11) is 0. The van der Waals surface area contributed by atoms with E-state index in [0.717, 1.165) is 37.8 Å². The van der Waals surface area contributed by atoms with E-state index in [1.54, 1.807) is 6.08 Å². The van der Waals surface area contributed by atoms with Crippen LogP contribution in [-0.2, 0) is 0 Å². The Hall–Kier alpha value is -1.86. The van der Waals surface area contributed by atoms with Gasteiger partial charge < -0.3 is 9.47 Å². The van der Waals surface area contributed by atoms with E-state index in [2.05, 4.69) is 4.74 Å². The molecule has 0 atom stereocenters. The van der Waals surface area contributed by atoms with Gasteiger partial charge in [0.2, 0.25) is 0 Å². The lowest BCUT2D eigenvalue weighted by Crippen LogP contribution is -2.41. The van der Waals surface area contributed by atoms with Gasteiger partial charge in [-0.15, -0.1) is 0 Å². The third-order valence-electron chi connectivity index (χ3n) is 5.28. The van der Waals surface area contributed by atoms with Crippen LogP contribution in [0.5, 0.6) is 11.5 Å². The van der Waals surface area contributed by atoms with Gasteiger partial charge in [0.25, 0.3) is 0 Å². The van der Waals surface area contributed by atoms with Gasteiger partial charge >= 0.3 is 12.3 Å². The van der Waals surface area contributed by atoms with Gasteiger partial charge in [0.1, 0.15) is 17.3 Å². The molecule has 0 aromatic heterocycles. The lowest BCUT2D eigenvalue weighted by molar-refractivity contribution is -0.360. The summed E-state index contributed by atoms with van der Waals surface area (Å²) in [5, 5.41) is 0. The van der Waals surface area contributed by atoms with Crippen molar-refractivity contribution < 1.29 is 35.8 Å². The Labute approximate surface area is 146 Å². The first-order valence-electron chi connectivity index (χ1n) is 8.20. The van der Waals surface area contributed by atoms with E-state index in [0.29, 0.717) is 0 Å². The van der Waals surface area contributed by atoms with E-state index >= 15 is 0 Å². The number of benzene rings is 1. The molecule has 2 nitrogen and oxygen atoms in total. The molecule has 2 bridgehead atoms. The van der Waals surface area contributed by atoms with Crippen molar-refractivity contribution in [3.8, 4) is 11.5 Å². The first-order valence-corrected chi connectivity index (χ1v) is 8.20. The SMILES string of the molecule is CC12CCC(COc3ccc(OC(F)(F)C(F)(F)F)cc3)(C=C1F)CC2. The van der Waals surface area contributed by atoms with E-state index in [-0.39, 0.29) is 23.6 Å². The van der Waals surface area contributed by atoms with Gasteiger partial charge in [0.15, 0.2) is 0 Å². The summed E-state index contributed by atoms with van der Waals surface area (Å²) in [6, 6.07) is 4.44. The number of halogens is 6. The molecule has 4 rings (SSSR count). The maximum Gasteiger partial charge on any atom is 0.499 e. The minimum atomic E-state index is -5.80. The Balaban J connectivity index is 1.62. The molecule has 0 amide bonds. The molecule has 1 saturated carbocycles. The van der Waals surface area contributed by atoms with E-state index < -0.39 is 23.4 Å². The molecule has 8 heteroatoms. The predicted octanol–water partition coefficient (Wildman–Crippen LogP) is 6.03. The van der Waals surface area contributed by atoms with E-state index in [9.17, 15) is 26.3 Å². The maximum absolute atomic E-state index is 14.2. The topological polar surface area (TPSA) is 18.5 Å². The second kappa shape index (κ2) is 6.09. The zero-order valence-corrected chi connectivity index (χ0v) is 14.0. The van der Waals surface area contributed by atoms with Crippen LogP contribution in [-0.4, -0.2) is 18.9 Å². The smallest absolute Gasteiger partial charge is 0.493 e. The highest BCUT2D eigenvalue weighted by molar-refractivity contribution is 5.32. The quantitative estimate of drug-likeness (QED) is 0.581. The fourth-order valence-corrected chi connectivity index (χ4v) is 3.35. The molecule has 26 heavy (non-hydrogen) atoms. The van der Waals surface area contributed by atoms with Gasteiger partial charge in [0.05, 0.1) is 6.61 Å². The molecule has 0 unspecified atom stereocenters. The maximum atomic E-state index is 14.2. The molecule has 1 aromatic carbocycles. The summed E-state index contributed by atoms with van der Waals surface area (Å²) in [5.74, 6) is -0.471. The van der Waals surface area contributed by atoms with Crippen LogP contribution in [0.1, 0.15) is 32.6 Å². The summed E-state index contributed by atoms with van der Waals surface area (Å²) in [6.45, 7) is 2.12. The lowest BCUT2D eigenvalue weighted by Gasteiger charge is -2.48. The third kappa shape index (κ3) is 3.50. The highest BCUT2D eigenvalue weighted by Gasteiger charge is 2.61. The summed E-state index contributed by atoms with van der Waals surface area (Å²) >= 11 is 0. The molecule has 1 aromatic rings. The fourth-order valence-electron chi connectivity index (χ4n) is 3.35. The Bertz CT molecular complexity index is 685. The normalized spacial score (nSPS) is 28.7. The average molecular weight is 380 g/mol. The second-order valence-electron chi connectivity index (χ2n) is 7.29. The van der Waals surface area contributed by atoms with Crippen LogP contribution in [0.3, 0.4) is 0 Å². The molecule has 0 radical (unpaired) electrons. The van der Waals surface area contributed by atoms with Crippen molar-refractivity contribution in [1.29, 1.82) is 0 Å². The number of hydrogen-bond acceptors (Lipinski definition) is 2. The monoisotopic (exact) mass is 380 g/mol. The van der Waals surface area contributed by atoms with Crippen LogP contribution in [0, 0.1) is 10.8 Å². The van der Waals surface area contributed by atoms with Crippen molar-refractivity contribution in [2.24, 2.45) is 10.8 Å². The highest BCUT2D eigenvalue weighted by atomic mass is 19.4. The van der Waals surface area contributed by atoms with E-state index in [4.69, 9.17) is 4.74 Å². The van der Waals surface area contributed by atoms with Crippen molar-refractivity contribution in [3.05, 3.63) is 36.2 Å². The Morgan fingerprint density at radius 2 is 1.46 bits per heavy atom. The van der Waals surface area contributed by atoms with Gasteiger partial charge in [-0.1, -0.05) is 6.92 Å². The molecule has 0 heterocycles. The van der Waals surface area contributed by atoms with Gasteiger partial charge in [-0.3, -0.25) is 0 Å². The fraction of sp³-hybridized carbons (Fsp3) is 0.556. The molecule has 144 valence electrons. The van der Waals surface area contributed by atoms with Gasteiger partial charge in [-0.2, -0.15) is 22.0 Å². The van der Waals surface area contributed by atoms with Gasteiger partial charge in [-0.05, 0) is 56.0 Å². The predicted molar refractivity (Wildman–Crippen MR) is 81.8 cm³/mol. The number of rotatable bonds is 5. The van der Waals surface area contributed by atoms with Gasteiger partial charge in [0, 0.05) is 10.8 Å². The Morgan fingerprint density at radius 3 is 1.96 bits per heavy atom. The summed E-state index contributed by atoms with van der Waals surface area (Å²) < 4.78 is 85.6.